The normalized spacial score (nSPS) is 20.6. The number of halogens is 1. The zero-order valence-electron chi connectivity index (χ0n) is 15.7. The fraction of sp³-hybridized carbons (Fsp3) is 0.524. The van der Waals surface area contributed by atoms with Crippen molar-refractivity contribution in [3.05, 3.63) is 40.9 Å². The summed E-state index contributed by atoms with van der Waals surface area (Å²) in [5.74, 6) is 0.210. The number of nitrogens with one attached hydrogen (secondary N) is 1. The van der Waals surface area contributed by atoms with Crippen molar-refractivity contribution in [2.24, 2.45) is 0 Å². The maximum absolute atomic E-state index is 13.0. The molecule has 1 atom stereocenters. The lowest BCUT2D eigenvalue weighted by molar-refractivity contribution is -0.124. The number of carbonyl (C=O) groups is 2. The second-order valence-electron chi connectivity index (χ2n) is 7.32. The number of rotatable bonds is 7. The first-order valence-corrected chi connectivity index (χ1v) is 10.2. The lowest BCUT2D eigenvalue weighted by Gasteiger charge is -2.35. The molecule has 1 aromatic rings. The lowest BCUT2D eigenvalue weighted by atomic mass is 10.0. The Bertz CT molecular complexity index is 686. The molecule has 1 N–H and O–H groups in total. The van der Waals surface area contributed by atoms with E-state index in [9.17, 15) is 9.59 Å². The predicted octanol–water partition coefficient (Wildman–Crippen LogP) is 2.60. The van der Waals surface area contributed by atoms with Crippen LogP contribution < -0.4 is 5.32 Å². The minimum atomic E-state index is -0.120. The molecule has 0 aliphatic carbocycles. The molecule has 3 rings (SSSR count). The van der Waals surface area contributed by atoms with Gasteiger partial charge >= 0.3 is 0 Å². The second kappa shape index (κ2) is 10.0. The highest BCUT2D eigenvalue weighted by atomic mass is 35.5. The van der Waals surface area contributed by atoms with Crippen molar-refractivity contribution < 1.29 is 9.59 Å². The first-order chi connectivity index (χ1) is 13.1. The molecule has 2 aliphatic heterocycles. The number of benzene rings is 1. The molecule has 2 aliphatic rings. The third kappa shape index (κ3) is 6.16. The number of ketones is 1. The van der Waals surface area contributed by atoms with Crippen LogP contribution in [0, 0.1) is 0 Å². The average molecular weight is 390 g/mol. The van der Waals surface area contributed by atoms with Gasteiger partial charge in [-0.1, -0.05) is 36.2 Å². The monoisotopic (exact) mass is 389 g/mol. The zero-order chi connectivity index (χ0) is 19.1. The van der Waals surface area contributed by atoms with E-state index in [1.54, 1.807) is 6.08 Å². The van der Waals surface area contributed by atoms with Gasteiger partial charge in [-0.05, 0) is 56.1 Å². The van der Waals surface area contributed by atoms with Crippen molar-refractivity contribution in [2.45, 2.75) is 31.7 Å². The number of piperidine rings is 1. The Hall–Kier alpha value is -1.69. The highest BCUT2D eigenvalue weighted by molar-refractivity contribution is 6.30. The quantitative estimate of drug-likeness (QED) is 0.728. The molecule has 2 saturated heterocycles. The molecular formula is C21H28ClN3O2. The minimum Gasteiger partial charge on any atom is -0.354 e. The molecule has 6 heteroatoms. The second-order valence-corrected chi connectivity index (χ2v) is 7.75. The molecule has 0 aromatic heterocycles. The van der Waals surface area contributed by atoms with E-state index in [1.807, 2.05) is 30.3 Å². The van der Waals surface area contributed by atoms with Crippen molar-refractivity contribution in [1.82, 2.24) is 15.1 Å². The van der Waals surface area contributed by atoms with Gasteiger partial charge in [-0.2, -0.15) is 0 Å². The van der Waals surface area contributed by atoms with Gasteiger partial charge in [0.2, 0.25) is 5.91 Å². The maximum Gasteiger partial charge on any atom is 0.234 e. The Morgan fingerprint density at radius 1 is 1.22 bits per heavy atom. The maximum atomic E-state index is 13.0. The summed E-state index contributed by atoms with van der Waals surface area (Å²) < 4.78 is 0. The van der Waals surface area contributed by atoms with Crippen LogP contribution in [0.25, 0.3) is 6.08 Å². The molecule has 1 aromatic carbocycles. The van der Waals surface area contributed by atoms with E-state index in [2.05, 4.69) is 15.1 Å². The molecule has 2 fully saturated rings. The Balaban J connectivity index is 1.64. The molecule has 0 radical (unpaired) electrons. The fourth-order valence-electron chi connectivity index (χ4n) is 3.82. The van der Waals surface area contributed by atoms with Crippen LogP contribution >= 0.6 is 11.6 Å². The molecule has 2 heterocycles. The van der Waals surface area contributed by atoms with Crippen LogP contribution in [-0.4, -0.2) is 66.8 Å². The summed E-state index contributed by atoms with van der Waals surface area (Å²) in [6.45, 7) is 4.69. The Labute approximate surface area is 166 Å². The first-order valence-electron chi connectivity index (χ1n) is 9.82. The number of hydrogen-bond donors (Lipinski definition) is 1. The third-order valence-corrected chi connectivity index (χ3v) is 5.52. The predicted molar refractivity (Wildman–Crippen MR) is 109 cm³/mol. The molecular weight excluding hydrogens is 362 g/mol. The highest BCUT2D eigenvalue weighted by Crippen LogP contribution is 2.17. The van der Waals surface area contributed by atoms with E-state index in [1.165, 1.54) is 6.42 Å². The minimum absolute atomic E-state index is 0.0722. The number of likely N-dealkylation sites (tertiary alicyclic amines) is 1. The molecule has 5 nitrogen and oxygen atoms in total. The number of nitrogens with zero attached hydrogens (tertiary/aromatic N) is 2. The molecule has 0 bridgehead atoms. The Morgan fingerprint density at radius 2 is 2.04 bits per heavy atom. The lowest BCUT2D eigenvalue weighted by Crippen LogP contribution is -2.50. The molecule has 0 saturated carbocycles. The van der Waals surface area contributed by atoms with Crippen molar-refractivity contribution >= 4 is 29.4 Å². The fourth-order valence-corrected chi connectivity index (χ4v) is 4.02. The van der Waals surface area contributed by atoms with Gasteiger partial charge in [-0.3, -0.25) is 19.4 Å². The van der Waals surface area contributed by atoms with Crippen LogP contribution in [0.2, 0.25) is 5.02 Å². The van der Waals surface area contributed by atoms with Crippen LogP contribution in [0.5, 0.6) is 0 Å². The number of piperazine rings is 1. The van der Waals surface area contributed by atoms with E-state index in [0.717, 1.165) is 51.0 Å². The van der Waals surface area contributed by atoms with Crippen LogP contribution in [0.15, 0.2) is 30.3 Å². The average Bonchev–Trinajstić information content (AvgIpc) is 2.67. The summed E-state index contributed by atoms with van der Waals surface area (Å²) >= 11 is 6.03. The van der Waals surface area contributed by atoms with E-state index in [4.69, 9.17) is 11.6 Å². The van der Waals surface area contributed by atoms with Gasteiger partial charge in [0.15, 0.2) is 5.78 Å². The largest absolute Gasteiger partial charge is 0.354 e. The SMILES string of the molecule is O=C1CN(CCC(C(=O)/C=C/c2cccc(Cl)c2)N2CCCCC2)CCN1. The smallest absolute Gasteiger partial charge is 0.234 e. The van der Waals surface area contributed by atoms with E-state index >= 15 is 0 Å². The number of amides is 1. The van der Waals surface area contributed by atoms with Gasteiger partial charge in [0.25, 0.3) is 0 Å². The van der Waals surface area contributed by atoms with Crippen molar-refractivity contribution in [3.8, 4) is 0 Å². The Morgan fingerprint density at radius 3 is 2.78 bits per heavy atom. The summed E-state index contributed by atoms with van der Waals surface area (Å²) in [5, 5.41) is 3.52. The summed E-state index contributed by atoms with van der Waals surface area (Å²) in [4.78, 5) is 29.0. The van der Waals surface area contributed by atoms with Gasteiger partial charge < -0.3 is 5.32 Å². The number of hydrogen-bond acceptors (Lipinski definition) is 4. The van der Waals surface area contributed by atoms with E-state index in [0.29, 0.717) is 18.1 Å². The highest BCUT2D eigenvalue weighted by Gasteiger charge is 2.27. The first kappa shape index (κ1) is 20.1. The van der Waals surface area contributed by atoms with Crippen molar-refractivity contribution in [1.29, 1.82) is 0 Å². The van der Waals surface area contributed by atoms with Crippen molar-refractivity contribution in [3.63, 3.8) is 0 Å². The number of carbonyl (C=O) groups excluding carboxylic acids is 2. The van der Waals surface area contributed by atoms with E-state index in [-0.39, 0.29) is 17.7 Å². The molecule has 1 unspecified atom stereocenters. The van der Waals surface area contributed by atoms with Crippen LogP contribution in [0.4, 0.5) is 0 Å². The summed E-state index contributed by atoms with van der Waals surface area (Å²) in [6, 6.07) is 7.39. The van der Waals surface area contributed by atoms with Crippen LogP contribution in [-0.2, 0) is 9.59 Å². The standard InChI is InChI=1S/C21H28ClN3O2/c22-18-6-4-5-17(15-18)7-8-20(26)19(25-11-2-1-3-12-25)9-13-24-14-10-23-21(27)16-24/h4-8,15,19H,1-3,9-14,16H2,(H,23,27)/b8-7+. The topological polar surface area (TPSA) is 52.7 Å². The van der Waals surface area contributed by atoms with Gasteiger partial charge in [0, 0.05) is 24.7 Å². The van der Waals surface area contributed by atoms with Crippen LogP contribution in [0.1, 0.15) is 31.2 Å². The summed E-state index contributed by atoms with van der Waals surface area (Å²) in [6.07, 6.45) is 7.82. The van der Waals surface area contributed by atoms with Gasteiger partial charge in [-0.25, -0.2) is 0 Å². The van der Waals surface area contributed by atoms with Gasteiger partial charge in [-0.15, -0.1) is 0 Å². The molecule has 1 amide bonds. The van der Waals surface area contributed by atoms with Gasteiger partial charge in [0.1, 0.15) is 0 Å². The Kier molecular flexibility index (Phi) is 7.44. The summed E-state index contributed by atoms with van der Waals surface area (Å²) in [7, 11) is 0. The van der Waals surface area contributed by atoms with Crippen molar-refractivity contribution in [2.75, 3.05) is 39.3 Å². The molecule has 27 heavy (non-hydrogen) atoms. The molecule has 0 spiro atoms. The third-order valence-electron chi connectivity index (χ3n) is 5.28. The molecule has 146 valence electrons. The van der Waals surface area contributed by atoms with Gasteiger partial charge in [0.05, 0.1) is 12.6 Å². The summed E-state index contributed by atoms with van der Waals surface area (Å²) in [5.41, 5.74) is 0.931. The van der Waals surface area contributed by atoms with Crippen LogP contribution in [0.3, 0.4) is 0 Å². The van der Waals surface area contributed by atoms with E-state index < -0.39 is 0 Å². The zero-order valence-corrected chi connectivity index (χ0v) is 16.5.